The summed E-state index contributed by atoms with van der Waals surface area (Å²) in [6.07, 6.45) is 8.79. The lowest BCUT2D eigenvalue weighted by atomic mass is 10.0. The zero-order valence-electron chi connectivity index (χ0n) is 19.4. The fraction of sp³-hybridized carbons (Fsp3) is 0.360. The van der Waals surface area contributed by atoms with Gasteiger partial charge in [0.25, 0.3) is 11.5 Å². The monoisotopic (exact) mass is 446 g/mol. The van der Waals surface area contributed by atoms with Crippen LogP contribution in [-0.4, -0.2) is 36.4 Å². The van der Waals surface area contributed by atoms with Gasteiger partial charge in [-0.15, -0.1) is 0 Å². The van der Waals surface area contributed by atoms with Gasteiger partial charge in [0, 0.05) is 50.7 Å². The Kier molecular flexibility index (Phi) is 6.72. The van der Waals surface area contributed by atoms with Gasteiger partial charge in [-0.3, -0.25) is 9.59 Å². The number of benzene rings is 1. The summed E-state index contributed by atoms with van der Waals surface area (Å²) in [7, 11) is 1.65. The van der Waals surface area contributed by atoms with Crippen molar-refractivity contribution in [3.8, 4) is 0 Å². The molecule has 8 heteroatoms. The second kappa shape index (κ2) is 9.85. The van der Waals surface area contributed by atoms with Crippen molar-refractivity contribution < 1.29 is 4.79 Å². The smallest absolute Gasteiger partial charge is 0.276 e. The number of rotatable bonds is 9. The second-order valence-electron chi connectivity index (χ2n) is 8.76. The number of carbonyl (C=O) groups is 1. The molecule has 0 spiro atoms. The first kappa shape index (κ1) is 22.5. The molecule has 1 N–H and O–H groups in total. The van der Waals surface area contributed by atoms with Crippen molar-refractivity contribution >= 4 is 16.7 Å². The van der Waals surface area contributed by atoms with Gasteiger partial charge < -0.3 is 14.5 Å². The Morgan fingerprint density at radius 2 is 1.97 bits per heavy atom. The van der Waals surface area contributed by atoms with Gasteiger partial charge in [-0.05, 0) is 24.3 Å². The largest absolute Gasteiger partial charge is 0.351 e. The minimum atomic E-state index is -0.257. The minimum absolute atomic E-state index is 0.245. The Bertz CT molecular complexity index is 1290. The molecule has 0 aliphatic rings. The van der Waals surface area contributed by atoms with Gasteiger partial charge in [0.1, 0.15) is 5.69 Å². The fourth-order valence-corrected chi connectivity index (χ4v) is 4.09. The van der Waals surface area contributed by atoms with Crippen LogP contribution in [0.15, 0.2) is 60.0 Å². The maximum absolute atomic E-state index is 13.4. The van der Waals surface area contributed by atoms with Crippen LogP contribution in [0.3, 0.4) is 0 Å². The van der Waals surface area contributed by atoms with E-state index in [9.17, 15) is 9.59 Å². The van der Waals surface area contributed by atoms with Gasteiger partial charge in [-0.1, -0.05) is 44.2 Å². The lowest BCUT2D eigenvalue weighted by molar-refractivity contribution is 0.0945. The Morgan fingerprint density at radius 3 is 2.67 bits per heavy atom. The molecule has 0 radical (unpaired) electrons. The molecule has 0 fully saturated rings. The summed E-state index contributed by atoms with van der Waals surface area (Å²) in [6.45, 7) is 5.99. The zero-order valence-corrected chi connectivity index (χ0v) is 19.4. The number of fused-ring (bicyclic) bond motifs is 1. The van der Waals surface area contributed by atoms with Crippen LogP contribution in [0.25, 0.3) is 10.8 Å². The van der Waals surface area contributed by atoms with E-state index in [1.54, 1.807) is 19.6 Å². The number of hydrogen-bond donors (Lipinski definition) is 1. The van der Waals surface area contributed by atoms with Gasteiger partial charge >= 0.3 is 0 Å². The van der Waals surface area contributed by atoms with Crippen molar-refractivity contribution in [1.29, 1.82) is 0 Å². The van der Waals surface area contributed by atoms with E-state index in [0.29, 0.717) is 30.1 Å². The van der Waals surface area contributed by atoms with Crippen molar-refractivity contribution in [2.75, 3.05) is 6.54 Å². The maximum Gasteiger partial charge on any atom is 0.276 e. The molecule has 172 valence electrons. The van der Waals surface area contributed by atoms with Crippen molar-refractivity contribution in [3.05, 3.63) is 82.6 Å². The van der Waals surface area contributed by atoms with Gasteiger partial charge in [-0.25, -0.2) is 9.67 Å². The molecular weight excluding hydrogens is 416 g/mol. The summed E-state index contributed by atoms with van der Waals surface area (Å²) in [5.74, 6) is 0.126. The van der Waals surface area contributed by atoms with E-state index in [1.165, 1.54) is 4.68 Å². The fourth-order valence-electron chi connectivity index (χ4n) is 4.09. The van der Waals surface area contributed by atoms with Crippen molar-refractivity contribution in [2.45, 2.75) is 39.8 Å². The van der Waals surface area contributed by atoms with Crippen LogP contribution in [0, 0.1) is 5.92 Å². The first-order chi connectivity index (χ1) is 15.9. The molecule has 0 saturated carbocycles. The third kappa shape index (κ3) is 5.05. The van der Waals surface area contributed by atoms with Crippen LogP contribution in [0.1, 0.15) is 42.0 Å². The maximum atomic E-state index is 13.4. The van der Waals surface area contributed by atoms with Gasteiger partial charge in [0.15, 0.2) is 0 Å². The molecule has 0 aliphatic carbocycles. The number of aromatic nitrogens is 5. The minimum Gasteiger partial charge on any atom is -0.351 e. The van der Waals surface area contributed by atoms with Crippen LogP contribution in [-0.2, 0) is 26.6 Å². The lowest BCUT2D eigenvalue weighted by Gasteiger charge is -2.11. The topological polar surface area (TPSA) is 86.7 Å². The van der Waals surface area contributed by atoms with E-state index in [-0.39, 0.29) is 11.5 Å². The molecular formula is C25H30N6O2. The lowest BCUT2D eigenvalue weighted by Crippen LogP contribution is -2.30. The molecule has 0 atom stereocenters. The Morgan fingerprint density at radius 1 is 1.18 bits per heavy atom. The van der Waals surface area contributed by atoms with Crippen LogP contribution >= 0.6 is 0 Å². The summed E-state index contributed by atoms with van der Waals surface area (Å²) in [4.78, 5) is 30.5. The second-order valence-corrected chi connectivity index (χ2v) is 8.76. The predicted molar refractivity (Wildman–Crippen MR) is 128 cm³/mol. The highest BCUT2D eigenvalue weighted by Gasteiger charge is 2.23. The van der Waals surface area contributed by atoms with E-state index >= 15 is 0 Å². The van der Waals surface area contributed by atoms with Gasteiger partial charge in [-0.2, -0.15) is 5.10 Å². The summed E-state index contributed by atoms with van der Waals surface area (Å²) >= 11 is 0. The number of carbonyl (C=O) groups excluding carboxylic acids is 1. The molecule has 1 aromatic carbocycles. The SMILES string of the molecule is CC(C)Cc1nn(C)c(=O)c2c(C(=O)NCCCn3ccnc3)n(Cc3ccccc3)cc12. The quantitative estimate of drug-likeness (QED) is 0.401. The van der Waals surface area contributed by atoms with E-state index < -0.39 is 0 Å². The standard InChI is InChI=1S/C25H30N6O2/c1-18(2)14-21-20-16-31(15-19-8-5-4-6-9-19)23(22(20)25(33)29(3)28-21)24(32)27-10-7-12-30-13-11-26-17-30/h4-6,8-9,11,13,16-18H,7,10,12,14-15H2,1-3H3,(H,27,32). The van der Waals surface area contributed by atoms with E-state index in [1.807, 2.05) is 51.9 Å². The van der Waals surface area contributed by atoms with Crippen molar-refractivity contribution in [3.63, 3.8) is 0 Å². The van der Waals surface area contributed by atoms with E-state index in [4.69, 9.17) is 0 Å². The molecule has 3 aromatic heterocycles. The van der Waals surface area contributed by atoms with Crippen LogP contribution in [0.2, 0.25) is 0 Å². The summed E-state index contributed by atoms with van der Waals surface area (Å²) in [5.41, 5.74) is 2.03. The zero-order chi connectivity index (χ0) is 23.4. The van der Waals surface area contributed by atoms with E-state index in [2.05, 4.69) is 29.2 Å². The van der Waals surface area contributed by atoms with Crippen LogP contribution in [0.5, 0.6) is 0 Å². The number of imidazole rings is 1. The molecule has 4 rings (SSSR count). The molecule has 0 bridgehead atoms. The summed E-state index contributed by atoms with van der Waals surface area (Å²) in [6, 6.07) is 9.94. The van der Waals surface area contributed by atoms with E-state index in [0.717, 1.165) is 36.0 Å². The highest BCUT2D eigenvalue weighted by Crippen LogP contribution is 2.23. The molecule has 0 unspecified atom stereocenters. The average molecular weight is 447 g/mol. The molecule has 3 heterocycles. The third-order valence-electron chi connectivity index (χ3n) is 5.62. The Balaban J connectivity index is 1.70. The average Bonchev–Trinajstić information content (AvgIpc) is 3.43. The van der Waals surface area contributed by atoms with Gasteiger partial charge in [0.2, 0.25) is 0 Å². The number of aryl methyl sites for hydroxylation is 2. The molecule has 1 amide bonds. The number of nitrogens with one attached hydrogen (secondary N) is 1. The Hall–Kier alpha value is -3.68. The highest BCUT2D eigenvalue weighted by atomic mass is 16.2. The van der Waals surface area contributed by atoms with Crippen LogP contribution < -0.4 is 10.9 Å². The van der Waals surface area contributed by atoms with Crippen LogP contribution in [0.4, 0.5) is 0 Å². The summed E-state index contributed by atoms with van der Waals surface area (Å²) in [5, 5.41) is 8.72. The number of hydrogen-bond acceptors (Lipinski definition) is 4. The number of amides is 1. The molecule has 0 aliphatic heterocycles. The van der Waals surface area contributed by atoms with Crippen molar-refractivity contribution in [2.24, 2.45) is 13.0 Å². The highest BCUT2D eigenvalue weighted by molar-refractivity contribution is 6.06. The third-order valence-corrected chi connectivity index (χ3v) is 5.62. The molecule has 33 heavy (non-hydrogen) atoms. The normalized spacial score (nSPS) is 11.4. The first-order valence-corrected chi connectivity index (χ1v) is 11.3. The predicted octanol–water partition coefficient (Wildman–Crippen LogP) is 3.00. The Labute approximate surface area is 192 Å². The number of nitrogens with zero attached hydrogens (tertiary/aromatic N) is 5. The summed E-state index contributed by atoms with van der Waals surface area (Å²) < 4.78 is 5.21. The molecule has 8 nitrogen and oxygen atoms in total. The molecule has 4 aromatic rings. The van der Waals surface area contributed by atoms with Crippen molar-refractivity contribution in [1.82, 2.24) is 29.2 Å². The first-order valence-electron chi connectivity index (χ1n) is 11.3. The van der Waals surface area contributed by atoms with Gasteiger partial charge in [0.05, 0.1) is 17.4 Å². The molecule has 0 saturated heterocycles.